The largest absolute Gasteiger partial charge is 0.363 e. The van der Waals surface area contributed by atoms with Crippen LogP contribution in [0.4, 0.5) is 4.79 Å². The number of carbonyl (C=O) groups excluding carboxylic acids is 1. The van der Waals surface area contributed by atoms with Gasteiger partial charge in [-0.15, -0.1) is 0 Å². The Kier molecular flexibility index (Phi) is 4.80. The third kappa shape index (κ3) is 3.69. The number of urea groups is 1. The minimum Gasteiger partial charge on any atom is -0.355 e. The van der Waals surface area contributed by atoms with Crippen LogP contribution in [-0.4, -0.2) is 57.8 Å². The first kappa shape index (κ1) is 16.7. The zero-order valence-electron chi connectivity index (χ0n) is 14.0. The zero-order chi connectivity index (χ0) is 17.7. The van der Waals surface area contributed by atoms with E-state index in [-0.39, 0.29) is 12.6 Å². The van der Waals surface area contributed by atoms with Crippen molar-refractivity contribution < 1.29 is 9.53 Å². The maximum absolute atomic E-state index is 12.6. The van der Waals surface area contributed by atoms with Crippen molar-refractivity contribution in [3.63, 3.8) is 0 Å². The number of aromatic nitrogens is 2. The van der Waals surface area contributed by atoms with Crippen LogP contribution >= 0.6 is 0 Å². The van der Waals surface area contributed by atoms with Crippen molar-refractivity contribution >= 4 is 18.5 Å². The molecule has 0 aliphatic carbocycles. The summed E-state index contributed by atoms with van der Waals surface area (Å²) in [6.07, 6.45) is 9.82. The highest BCUT2D eigenvalue weighted by Gasteiger charge is 2.47. The van der Waals surface area contributed by atoms with E-state index in [2.05, 4.69) is 20.2 Å². The summed E-state index contributed by atoms with van der Waals surface area (Å²) < 4.78 is 5.50. The molecular weight excluding hydrogens is 320 g/mol. The zero-order valence-corrected chi connectivity index (χ0v) is 14.0. The molecule has 0 N–H and O–H groups in total. The van der Waals surface area contributed by atoms with Gasteiger partial charge in [-0.25, -0.2) is 9.80 Å². The van der Waals surface area contributed by atoms with Crippen LogP contribution in [-0.2, 0) is 4.74 Å². The minimum atomic E-state index is -0.915. The number of methoxy groups -OCH3 is 1. The number of nitrogens with zero attached hydrogens (tertiary/aromatic N) is 6. The number of hydrazone groups is 2. The second-order valence-electron chi connectivity index (χ2n) is 5.59. The summed E-state index contributed by atoms with van der Waals surface area (Å²) >= 11 is 0. The fourth-order valence-corrected chi connectivity index (χ4v) is 2.30. The number of hydrogen-bond acceptors (Lipinski definition) is 6. The second-order valence-corrected chi connectivity index (χ2v) is 5.59. The standard InChI is InChI=1S/C17H18N6O2/c1-17(25-2)13-22(20-11-14-5-3-7-18-9-14)16(24)23(17)21-12-15-6-4-8-19-10-15/h3-12H,13H2,1-2H3. The number of ether oxygens (including phenoxy) is 1. The van der Waals surface area contributed by atoms with Crippen molar-refractivity contribution in [1.82, 2.24) is 20.0 Å². The first-order valence-electron chi connectivity index (χ1n) is 7.67. The molecule has 128 valence electrons. The Balaban J connectivity index is 1.79. The Labute approximate surface area is 145 Å². The van der Waals surface area contributed by atoms with Crippen LogP contribution in [0.1, 0.15) is 18.1 Å². The topological polar surface area (TPSA) is 83.3 Å². The molecule has 0 aromatic carbocycles. The van der Waals surface area contributed by atoms with Gasteiger partial charge < -0.3 is 4.74 Å². The molecule has 2 aromatic heterocycles. The quantitative estimate of drug-likeness (QED) is 0.780. The number of hydrogen-bond donors (Lipinski definition) is 0. The molecule has 0 saturated carbocycles. The molecule has 1 fully saturated rings. The predicted molar refractivity (Wildman–Crippen MR) is 93.0 cm³/mol. The highest BCUT2D eigenvalue weighted by atomic mass is 16.5. The van der Waals surface area contributed by atoms with Crippen molar-refractivity contribution in [1.29, 1.82) is 0 Å². The Bertz CT molecular complexity index is 780. The molecule has 1 atom stereocenters. The molecule has 1 unspecified atom stereocenters. The molecule has 0 bridgehead atoms. The Morgan fingerprint density at radius 3 is 2.24 bits per heavy atom. The van der Waals surface area contributed by atoms with Crippen LogP contribution in [0.15, 0.2) is 59.3 Å². The van der Waals surface area contributed by atoms with E-state index >= 15 is 0 Å². The molecular formula is C17H18N6O2. The maximum atomic E-state index is 12.6. The van der Waals surface area contributed by atoms with Crippen molar-refractivity contribution in [3.05, 3.63) is 60.2 Å². The van der Waals surface area contributed by atoms with Crippen molar-refractivity contribution in [3.8, 4) is 0 Å². The summed E-state index contributed by atoms with van der Waals surface area (Å²) in [5, 5.41) is 11.1. The van der Waals surface area contributed by atoms with Crippen LogP contribution in [0.5, 0.6) is 0 Å². The average molecular weight is 338 g/mol. The van der Waals surface area contributed by atoms with Gasteiger partial charge in [0.15, 0.2) is 5.72 Å². The lowest BCUT2D eigenvalue weighted by Gasteiger charge is -2.27. The van der Waals surface area contributed by atoms with Gasteiger partial charge in [-0.1, -0.05) is 12.1 Å². The van der Waals surface area contributed by atoms with Gasteiger partial charge in [0, 0.05) is 43.0 Å². The lowest BCUT2D eigenvalue weighted by Crippen LogP contribution is -2.42. The van der Waals surface area contributed by atoms with Gasteiger partial charge in [-0.3, -0.25) is 9.97 Å². The van der Waals surface area contributed by atoms with E-state index < -0.39 is 5.72 Å². The van der Waals surface area contributed by atoms with Crippen LogP contribution in [0.25, 0.3) is 0 Å². The molecule has 25 heavy (non-hydrogen) atoms. The third-order valence-corrected chi connectivity index (χ3v) is 3.77. The molecule has 3 rings (SSSR count). The molecule has 0 radical (unpaired) electrons. The smallest absolute Gasteiger partial charge is 0.355 e. The summed E-state index contributed by atoms with van der Waals surface area (Å²) in [5.41, 5.74) is 0.667. The van der Waals surface area contributed by atoms with E-state index in [0.29, 0.717) is 0 Å². The first-order chi connectivity index (χ1) is 12.1. The van der Waals surface area contributed by atoms with Crippen molar-refractivity contribution in [2.45, 2.75) is 12.6 Å². The maximum Gasteiger partial charge on any atom is 0.363 e. The molecule has 0 spiro atoms. The Hall–Kier alpha value is -3.13. The number of pyridine rings is 2. The molecule has 2 aromatic rings. The Morgan fingerprint density at radius 1 is 1.12 bits per heavy atom. The molecule has 8 nitrogen and oxygen atoms in total. The van der Waals surface area contributed by atoms with Gasteiger partial charge in [0.1, 0.15) is 0 Å². The fourth-order valence-electron chi connectivity index (χ4n) is 2.30. The lowest BCUT2D eigenvalue weighted by molar-refractivity contribution is -0.0751. The molecule has 1 saturated heterocycles. The third-order valence-electron chi connectivity index (χ3n) is 3.77. The summed E-state index contributed by atoms with van der Waals surface area (Å²) in [4.78, 5) is 20.7. The average Bonchev–Trinajstić information content (AvgIpc) is 2.90. The summed E-state index contributed by atoms with van der Waals surface area (Å²) in [7, 11) is 1.54. The predicted octanol–water partition coefficient (Wildman–Crippen LogP) is 1.94. The highest BCUT2D eigenvalue weighted by Crippen LogP contribution is 2.27. The van der Waals surface area contributed by atoms with Crippen LogP contribution in [0, 0.1) is 0 Å². The fraction of sp³-hybridized carbons (Fsp3) is 0.235. The SMILES string of the molecule is COC1(C)CN(N=Cc2cccnc2)C(=O)N1N=Cc1cccnc1. The van der Waals surface area contributed by atoms with Gasteiger partial charge in [0.25, 0.3) is 0 Å². The molecule has 1 aliphatic heterocycles. The van der Waals surface area contributed by atoms with Crippen LogP contribution in [0.3, 0.4) is 0 Å². The van der Waals surface area contributed by atoms with Gasteiger partial charge in [-0.05, 0) is 19.1 Å². The Morgan fingerprint density at radius 2 is 1.72 bits per heavy atom. The van der Waals surface area contributed by atoms with E-state index in [1.165, 1.54) is 17.1 Å². The molecule has 2 amide bonds. The normalized spacial score (nSPS) is 21.0. The summed E-state index contributed by atoms with van der Waals surface area (Å²) in [6, 6.07) is 6.93. The number of carbonyl (C=O) groups is 1. The van der Waals surface area contributed by atoms with E-state index in [0.717, 1.165) is 11.1 Å². The van der Waals surface area contributed by atoms with E-state index in [4.69, 9.17) is 4.74 Å². The van der Waals surface area contributed by atoms with E-state index in [1.54, 1.807) is 56.3 Å². The monoisotopic (exact) mass is 338 g/mol. The van der Waals surface area contributed by atoms with Gasteiger partial charge >= 0.3 is 6.03 Å². The van der Waals surface area contributed by atoms with Gasteiger partial charge in [0.2, 0.25) is 0 Å². The summed E-state index contributed by atoms with van der Waals surface area (Å²) in [6.45, 7) is 2.04. The van der Waals surface area contributed by atoms with Crippen molar-refractivity contribution in [2.75, 3.05) is 13.7 Å². The second kappa shape index (κ2) is 7.18. The number of amides is 2. The van der Waals surface area contributed by atoms with Crippen LogP contribution in [0.2, 0.25) is 0 Å². The van der Waals surface area contributed by atoms with Gasteiger partial charge in [-0.2, -0.15) is 15.2 Å². The molecule has 1 aliphatic rings. The highest BCUT2D eigenvalue weighted by molar-refractivity contribution is 5.84. The lowest BCUT2D eigenvalue weighted by atomic mass is 10.3. The van der Waals surface area contributed by atoms with Crippen LogP contribution < -0.4 is 0 Å². The van der Waals surface area contributed by atoms with Crippen molar-refractivity contribution in [2.24, 2.45) is 10.2 Å². The summed E-state index contributed by atoms with van der Waals surface area (Å²) in [5.74, 6) is 0. The minimum absolute atomic E-state index is 0.253. The van der Waals surface area contributed by atoms with E-state index in [1.807, 2.05) is 12.1 Å². The number of rotatable bonds is 5. The first-order valence-corrected chi connectivity index (χ1v) is 7.67. The molecule has 3 heterocycles. The van der Waals surface area contributed by atoms with Gasteiger partial charge in [0.05, 0.1) is 19.0 Å². The molecule has 8 heteroatoms. The van der Waals surface area contributed by atoms with E-state index in [9.17, 15) is 4.79 Å².